The molecule has 3 aromatic heterocycles. The molecule has 0 aliphatic rings. The second-order valence-corrected chi connectivity index (χ2v) is 5.79. The van der Waals surface area contributed by atoms with Gasteiger partial charge in [0.05, 0.1) is 17.8 Å². The van der Waals surface area contributed by atoms with E-state index in [1.54, 1.807) is 23.7 Å². The second kappa shape index (κ2) is 5.23. The molecule has 0 aliphatic heterocycles. The Morgan fingerprint density at radius 1 is 1.27 bits per heavy atom. The highest BCUT2D eigenvalue weighted by Gasteiger charge is 2.11. The van der Waals surface area contributed by atoms with Crippen molar-refractivity contribution in [1.29, 1.82) is 0 Å². The van der Waals surface area contributed by atoms with E-state index in [1.807, 2.05) is 46.4 Å². The summed E-state index contributed by atoms with van der Waals surface area (Å²) in [5, 5.41) is 6.75. The molecule has 5 nitrogen and oxygen atoms in total. The number of hydrogen-bond acceptors (Lipinski definition) is 4. The van der Waals surface area contributed by atoms with Crippen molar-refractivity contribution in [2.45, 2.75) is 6.54 Å². The first kappa shape index (κ1) is 13.0. The van der Waals surface area contributed by atoms with Gasteiger partial charge in [-0.15, -0.1) is 11.3 Å². The van der Waals surface area contributed by atoms with Crippen LogP contribution in [0.3, 0.4) is 0 Å². The van der Waals surface area contributed by atoms with Crippen LogP contribution in [-0.2, 0) is 6.54 Å². The number of hydrogen-bond donors (Lipinski definition) is 1. The van der Waals surface area contributed by atoms with Gasteiger partial charge in [0.25, 0.3) is 5.91 Å². The Morgan fingerprint density at radius 3 is 3.09 bits per heavy atom. The maximum absolute atomic E-state index is 12.4. The number of thiazole rings is 1. The highest BCUT2D eigenvalue weighted by atomic mass is 32.1. The van der Waals surface area contributed by atoms with E-state index in [-0.39, 0.29) is 5.91 Å². The van der Waals surface area contributed by atoms with Crippen molar-refractivity contribution in [2.24, 2.45) is 0 Å². The number of aromatic nitrogens is 3. The molecule has 0 saturated heterocycles. The van der Waals surface area contributed by atoms with Crippen LogP contribution in [0.4, 0.5) is 0 Å². The summed E-state index contributed by atoms with van der Waals surface area (Å²) in [5.74, 6) is -0.138. The third kappa shape index (κ3) is 2.23. The van der Waals surface area contributed by atoms with Crippen LogP contribution in [0.5, 0.6) is 0 Å². The second-order valence-electron chi connectivity index (χ2n) is 4.92. The molecular formula is C16H12N4OS. The molecule has 0 atom stereocenters. The van der Waals surface area contributed by atoms with Gasteiger partial charge in [0.2, 0.25) is 0 Å². The molecule has 1 N–H and O–H groups in total. The SMILES string of the molecule is O=C(NCc1cn2ccsc2n1)c1cncc2ccccc12. The van der Waals surface area contributed by atoms with Crippen LogP contribution in [0.1, 0.15) is 16.1 Å². The van der Waals surface area contributed by atoms with Crippen LogP contribution >= 0.6 is 11.3 Å². The average Bonchev–Trinajstić information content (AvgIpc) is 3.13. The molecule has 3 heterocycles. The summed E-state index contributed by atoms with van der Waals surface area (Å²) < 4.78 is 1.95. The molecule has 22 heavy (non-hydrogen) atoms. The first-order valence-corrected chi connectivity index (χ1v) is 7.71. The van der Waals surface area contributed by atoms with Gasteiger partial charge in [0.1, 0.15) is 0 Å². The summed E-state index contributed by atoms with van der Waals surface area (Å²) in [7, 11) is 0. The van der Waals surface area contributed by atoms with E-state index >= 15 is 0 Å². The summed E-state index contributed by atoms with van der Waals surface area (Å²) in [6.07, 6.45) is 7.24. The molecule has 108 valence electrons. The van der Waals surface area contributed by atoms with E-state index in [0.29, 0.717) is 12.1 Å². The van der Waals surface area contributed by atoms with Crippen LogP contribution < -0.4 is 5.32 Å². The molecule has 0 bridgehead atoms. The first-order valence-electron chi connectivity index (χ1n) is 6.83. The topological polar surface area (TPSA) is 59.3 Å². The van der Waals surface area contributed by atoms with Crippen molar-refractivity contribution < 1.29 is 4.79 Å². The number of nitrogens with one attached hydrogen (secondary N) is 1. The lowest BCUT2D eigenvalue weighted by Gasteiger charge is -2.06. The van der Waals surface area contributed by atoms with Crippen molar-refractivity contribution in [3.05, 3.63) is 65.7 Å². The number of rotatable bonds is 3. The number of imidazole rings is 1. The molecule has 0 spiro atoms. The zero-order chi connectivity index (χ0) is 14.9. The molecule has 4 rings (SSSR count). The molecule has 0 radical (unpaired) electrons. The lowest BCUT2D eigenvalue weighted by Crippen LogP contribution is -2.23. The number of amides is 1. The Hall–Kier alpha value is -2.73. The fraction of sp³-hybridized carbons (Fsp3) is 0.0625. The number of nitrogens with zero attached hydrogens (tertiary/aromatic N) is 3. The van der Waals surface area contributed by atoms with Gasteiger partial charge in [-0.05, 0) is 5.39 Å². The maximum Gasteiger partial charge on any atom is 0.253 e. The Labute approximate surface area is 130 Å². The maximum atomic E-state index is 12.4. The summed E-state index contributed by atoms with van der Waals surface area (Å²) in [4.78, 5) is 21.9. The normalized spacial score (nSPS) is 11.1. The van der Waals surface area contributed by atoms with E-state index in [2.05, 4.69) is 15.3 Å². The Bertz CT molecular complexity index is 939. The van der Waals surface area contributed by atoms with Crippen molar-refractivity contribution in [3.63, 3.8) is 0 Å². The third-order valence-corrected chi connectivity index (χ3v) is 4.26. The van der Waals surface area contributed by atoms with E-state index in [0.717, 1.165) is 21.4 Å². The van der Waals surface area contributed by atoms with Gasteiger partial charge in [-0.3, -0.25) is 14.2 Å². The van der Waals surface area contributed by atoms with Crippen LogP contribution in [0.15, 0.2) is 54.4 Å². The van der Waals surface area contributed by atoms with Crippen molar-refractivity contribution in [3.8, 4) is 0 Å². The molecule has 0 aliphatic carbocycles. The summed E-state index contributed by atoms with van der Waals surface area (Å²) in [6.45, 7) is 0.399. The molecule has 1 aromatic carbocycles. The van der Waals surface area contributed by atoms with E-state index < -0.39 is 0 Å². The molecular weight excluding hydrogens is 296 g/mol. The smallest absolute Gasteiger partial charge is 0.253 e. The minimum absolute atomic E-state index is 0.138. The summed E-state index contributed by atoms with van der Waals surface area (Å²) in [6, 6.07) is 7.73. The van der Waals surface area contributed by atoms with Gasteiger partial charge in [0.15, 0.2) is 4.96 Å². The number of carbonyl (C=O) groups is 1. The largest absolute Gasteiger partial charge is 0.346 e. The molecule has 6 heteroatoms. The third-order valence-electron chi connectivity index (χ3n) is 3.49. The van der Waals surface area contributed by atoms with E-state index in [9.17, 15) is 4.79 Å². The monoisotopic (exact) mass is 308 g/mol. The van der Waals surface area contributed by atoms with Crippen molar-refractivity contribution in [2.75, 3.05) is 0 Å². The van der Waals surface area contributed by atoms with Gasteiger partial charge in [-0.25, -0.2) is 4.98 Å². The quantitative estimate of drug-likeness (QED) is 0.633. The molecule has 0 unspecified atom stereocenters. The van der Waals surface area contributed by atoms with Crippen molar-refractivity contribution in [1.82, 2.24) is 19.7 Å². The van der Waals surface area contributed by atoms with Gasteiger partial charge in [0, 0.05) is 35.6 Å². The van der Waals surface area contributed by atoms with Gasteiger partial charge in [-0.2, -0.15) is 0 Å². The Kier molecular flexibility index (Phi) is 3.08. The fourth-order valence-electron chi connectivity index (χ4n) is 2.42. The Morgan fingerprint density at radius 2 is 2.18 bits per heavy atom. The lowest BCUT2D eigenvalue weighted by molar-refractivity contribution is 0.0952. The van der Waals surface area contributed by atoms with Crippen LogP contribution in [0.2, 0.25) is 0 Å². The molecule has 4 aromatic rings. The number of benzene rings is 1. The molecule has 1 amide bonds. The van der Waals surface area contributed by atoms with Gasteiger partial charge in [-0.1, -0.05) is 24.3 Å². The van der Waals surface area contributed by atoms with E-state index in [1.165, 1.54) is 0 Å². The summed E-state index contributed by atoms with van der Waals surface area (Å²) >= 11 is 1.57. The fourth-order valence-corrected chi connectivity index (χ4v) is 3.14. The molecule has 0 saturated carbocycles. The van der Waals surface area contributed by atoms with E-state index in [4.69, 9.17) is 0 Å². The average molecular weight is 308 g/mol. The number of pyridine rings is 1. The van der Waals surface area contributed by atoms with Crippen LogP contribution in [0, 0.1) is 0 Å². The highest BCUT2D eigenvalue weighted by molar-refractivity contribution is 7.15. The van der Waals surface area contributed by atoms with Gasteiger partial charge >= 0.3 is 0 Å². The van der Waals surface area contributed by atoms with Crippen molar-refractivity contribution >= 4 is 33.0 Å². The zero-order valence-corrected chi connectivity index (χ0v) is 12.4. The standard InChI is InChI=1S/C16H12N4OS/c21-15(14-9-17-7-11-3-1-2-4-13(11)14)18-8-12-10-20-5-6-22-16(20)19-12/h1-7,9-10H,8H2,(H,18,21). The number of fused-ring (bicyclic) bond motifs is 2. The van der Waals surface area contributed by atoms with Crippen LogP contribution in [-0.4, -0.2) is 20.3 Å². The number of carbonyl (C=O) groups excluding carboxylic acids is 1. The predicted molar refractivity (Wildman–Crippen MR) is 86.0 cm³/mol. The first-order chi connectivity index (χ1) is 10.8. The lowest BCUT2D eigenvalue weighted by atomic mass is 10.1. The minimum Gasteiger partial charge on any atom is -0.346 e. The highest BCUT2D eigenvalue weighted by Crippen LogP contribution is 2.17. The van der Waals surface area contributed by atoms with Crippen LogP contribution in [0.25, 0.3) is 15.7 Å². The Balaban J connectivity index is 1.57. The summed E-state index contributed by atoms with van der Waals surface area (Å²) in [5.41, 5.74) is 1.42. The predicted octanol–water partition coefficient (Wildman–Crippen LogP) is 2.87. The zero-order valence-electron chi connectivity index (χ0n) is 11.6. The van der Waals surface area contributed by atoms with Gasteiger partial charge < -0.3 is 5.32 Å². The minimum atomic E-state index is -0.138. The molecule has 0 fully saturated rings.